The number of fused-ring (bicyclic) bond motifs is 1. The zero-order chi connectivity index (χ0) is 15.6. The molecule has 2 N–H and O–H groups in total. The highest BCUT2D eigenvalue weighted by molar-refractivity contribution is 5.88. The Bertz CT molecular complexity index is 597. The van der Waals surface area contributed by atoms with Crippen LogP contribution in [-0.4, -0.2) is 40.4 Å². The minimum atomic E-state index is -0.979. The minimum absolute atomic E-state index is 0.156. The van der Waals surface area contributed by atoms with Crippen LogP contribution in [0.3, 0.4) is 0 Å². The lowest BCUT2D eigenvalue weighted by Gasteiger charge is -2.31. The summed E-state index contributed by atoms with van der Waals surface area (Å²) in [6, 6.07) is 4.42. The summed E-state index contributed by atoms with van der Waals surface area (Å²) in [5, 5.41) is 11.6. The number of carbonyl (C=O) groups excluding carboxylic acids is 2. The molecular weight excluding hydrogens is 272 g/mol. The summed E-state index contributed by atoms with van der Waals surface area (Å²) in [5.41, 5.74) is 2.14. The van der Waals surface area contributed by atoms with E-state index >= 15 is 0 Å². The fraction of sp³-hybridized carbons (Fsp3) is 0.400. The third-order valence-corrected chi connectivity index (χ3v) is 3.57. The smallest absolute Gasteiger partial charge is 0.335 e. The number of hydrogen-bond donors (Lipinski definition) is 2. The van der Waals surface area contributed by atoms with E-state index in [1.807, 2.05) is 0 Å². The molecule has 0 aromatic heterocycles. The second-order valence-electron chi connectivity index (χ2n) is 5.22. The molecule has 6 nitrogen and oxygen atoms in total. The molecule has 0 bridgehead atoms. The molecule has 1 atom stereocenters. The van der Waals surface area contributed by atoms with Crippen LogP contribution in [0.4, 0.5) is 0 Å². The van der Waals surface area contributed by atoms with Crippen molar-refractivity contribution < 1.29 is 19.5 Å². The molecule has 2 rings (SSSR count). The summed E-state index contributed by atoms with van der Waals surface area (Å²) in [4.78, 5) is 35.9. The molecule has 1 aliphatic heterocycles. The van der Waals surface area contributed by atoms with Gasteiger partial charge in [-0.2, -0.15) is 0 Å². The van der Waals surface area contributed by atoms with Crippen molar-refractivity contribution in [2.45, 2.75) is 32.9 Å². The fourth-order valence-corrected chi connectivity index (χ4v) is 2.52. The Labute approximate surface area is 122 Å². The molecule has 0 aliphatic carbocycles. The summed E-state index contributed by atoms with van der Waals surface area (Å²) in [5.74, 6) is -1.38. The van der Waals surface area contributed by atoms with Gasteiger partial charge in [0.1, 0.15) is 6.04 Å². The van der Waals surface area contributed by atoms with Crippen LogP contribution < -0.4 is 5.32 Å². The molecule has 1 unspecified atom stereocenters. The maximum Gasteiger partial charge on any atom is 0.335 e. The van der Waals surface area contributed by atoms with Crippen molar-refractivity contribution in [3.05, 3.63) is 34.9 Å². The Morgan fingerprint density at radius 1 is 1.29 bits per heavy atom. The highest BCUT2D eigenvalue weighted by Crippen LogP contribution is 2.21. The molecule has 1 heterocycles. The largest absolute Gasteiger partial charge is 0.478 e. The molecule has 0 saturated carbocycles. The highest BCUT2D eigenvalue weighted by Gasteiger charge is 2.25. The molecule has 2 amide bonds. The molecule has 112 valence electrons. The summed E-state index contributed by atoms with van der Waals surface area (Å²) < 4.78 is 0. The molecule has 0 fully saturated rings. The van der Waals surface area contributed by atoms with Gasteiger partial charge in [-0.3, -0.25) is 9.59 Å². The third kappa shape index (κ3) is 3.39. The number of nitrogens with zero attached hydrogens (tertiary/aromatic N) is 1. The first-order chi connectivity index (χ1) is 9.88. The van der Waals surface area contributed by atoms with Crippen molar-refractivity contribution >= 4 is 17.8 Å². The predicted molar refractivity (Wildman–Crippen MR) is 75.8 cm³/mol. The van der Waals surface area contributed by atoms with E-state index in [-0.39, 0.29) is 17.4 Å². The van der Waals surface area contributed by atoms with Gasteiger partial charge in [0.05, 0.1) is 5.56 Å². The van der Waals surface area contributed by atoms with Gasteiger partial charge in [-0.15, -0.1) is 0 Å². The molecular formula is C15H18N2O4. The second-order valence-corrected chi connectivity index (χ2v) is 5.22. The Kier molecular flexibility index (Phi) is 4.26. The lowest BCUT2D eigenvalue weighted by molar-refractivity contribution is -0.136. The van der Waals surface area contributed by atoms with Gasteiger partial charge in [0.2, 0.25) is 11.8 Å². The van der Waals surface area contributed by atoms with Crippen LogP contribution in [0.25, 0.3) is 0 Å². The predicted octanol–water partition coefficient (Wildman–Crippen LogP) is 0.794. The monoisotopic (exact) mass is 290 g/mol. The second kappa shape index (κ2) is 5.95. The number of carbonyl (C=O) groups is 3. The van der Waals surface area contributed by atoms with Gasteiger partial charge in [0, 0.05) is 20.0 Å². The van der Waals surface area contributed by atoms with Gasteiger partial charge in [0.15, 0.2) is 0 Å². The van der Waals surface area contributed by atoms with Gasteiger partial charge in [-0.05, 0) is 36.6 Å². The zero-order valence-electron chi connectivity index (χ0n) is 12.0. The van der Waals surface area contributed by atoms with E-state index in [1.54, 1.807) is 30.0 Å². The van der Waals surface area contributed by atoms with Crippen molar-refractivity contribution in [1.82, 2.24) is 10.2 Å². The molecule has 0 radical (unpaired) electrons. The first-order valence-corrected chi connectivity index (χ1v) is 6.79. The van der Waals surface area contributed by atoms with Crippen LogP contribution >= 0.6 is 0 Å². The first kappa shape index (κ1) is 15.0. The fourth-order valence-electron chi connectivity index (χ4n) is 2.52. The van der Waals surface area contributed by atoms with E-state index in [4.69, 9.17) is 5.11 Å². The van der Waals surface area contributed by atoms with Crippen molar-refractivity contribution in [1.29, 1.82) is 0 Å². The van der Waals surface area contributed by atoms with Crippen LogP contribution in [0.15, 0.2) is 18.2 Å². The topological polar surface area (TPSA) is 86.7 Å². The Morgan fingerprint density at radius 2 is 2.00 bits per heavy atom. The van der Waals surface area contributed by atoms with Gasteiger partial charge < -0.3 is 15.3 Å². The van der Waals surface area contributed by atoms with Crippen LogP contribution in [0.2, 0.25) is 0 Å². The average molecular weight is 290 g/mol. The highest BCUT2D eigenvalue weighted by atomic mass is 16.4. The van der Waals surface area contributed by atoms with Gasteiger partial charge >= 0.3 is 5.97 Å². The van der Waals surface area contributed by atoms with Crippen LogP contribution in [0.5, 0.6) is 0 Å². The number of carboxylic acid groups (broad SMARTS) is 1. The van der Waals surface area contributed by atoms with Gasteiger partial charge in [-0.25, -0.2) is 4.79 Å². The summed E-state index contributed by atoms with van der Waals surface area (Å²) in [7, 11) is 0. The number of benzene rings is 1. The molecule has 21 heavy (non-hydrogen) atoms. The van der Waals surface area contributed by atoms with E-state index < -0.39 is 12.0 Å². The zero-order valence-corrected chi connectivity index (χ0v) is 12.0. The van der Waals surface area contributed by atoms with Crippen LogP contribution in [0, 0.1) is 0 Å². The standard InChI is InChI=1S/C15H18N2O4/c1-9(16-10(2)18)14(19)17-6-5-11-3-4-12(15(20)21)7-13(11)8-17/h3-4,7,9H,5-6,8H2,1-2H3,(H,16,18)(H,20,21). The summed E-state index contributed by atoms with van der Waals surface area (Å²) in [6.45, 7) is 3.96. The summed E-state index contributed by atoms with van der Waals surface area (Å²) in [6.07, 6.45) is 0.688. The third-order valence-electron chi connectivity index (χ3n) is 3.57. The minimum Gasteiger partial charge on any atom is -0.478 e. The number of hydrogen-bond acceptors (Lipinski definition) is 3. The van der Waals surface area contributed by atoms with Crippen molar-refractivity contribution in [2.24, 2.45) is 0 Å². The lowest BCUT2D eigenvalue weighted by Crippen LogP contribution is -2.47. The average Bonchev–Trinajstić information content (AvgIpc) is 2.44. The lowest BCUT2D eigenvalue weighted by atomic mass is 9.97. The van der Waals surface area contributed by atoms with E-state index in [1.165, 1.54) is 6.92 Å². The first-order valence-electron chi connectivity index (χ1n) is 6.79. The molecule has 1 aliphatic rings. The maximum absolute atomic E-state index is 12.3. The Hall–Kier alpha value is -2.37. The number of aromatic carboxylic acids is 1. The summed E-state index contributed by atoms with van der Waals surface area (Å²) >= 11 is 0. The van der Waals surface area contributed by atoms with E-state index in [0.717, 1.165) is 11.1 Å². The quantitative estimate of drug-likeness (QED) is 0.862. The van der Waals surface area contributed by atoms with Crippen molar-refractivity contribution in [2.75, 3.05) is 6.54 Å². The van der Waals surface area contributed by atoms with Crippen LogP contribution in [-0.2, 0) is 22.6 Å². The number of amides is 2. The maximum atomic E-state index is 12.3. The van der Waals surface area contributed by atoms with Gasteiger partial charge in [-0.1, -0.05) is 6.07 Å². The molecule has 0 spiro atoms. The number of nitrogens with one attached hydrogen (secondary N) is 1. The van der Waals surface area contributed by atoms with Crippen molar-refractivity contribution in [3.63, 3.8) is 0 Å². The number of carboxylic acids is 1. The molecule has 1 aromatic carbocycles. The molecule has 1 aromatic rings. The Balaban J connectivity index is 2.14. The van der Waals surface area contributed by atoms with E-state index in [9.17, 15) is 14.4 Å². The van der Waals surface area contributed by atoms with Crippen molar-refractivity contribution in [3.8, 4) is 0 Å². The normalized spacial score (nSPS) is 15.0. The van der Waals surface area contributed by atoms with E-state index in [2.05, 4.69) is 5.32 Å². The van der Waals surface area contributed by atoms with E-state index in [0.29, 0.717) is 19.5 Å². The SMILES string of the molecule is CC(=O)NC(C)C(=O)N1CCc2ccc(C(=O)O)cc2C1. The van der Waals surface area contributed by atoms with Gasteiger partial charge in [0.25, 0.3) is 0 Å². The number of rotatable bonds is 3. The molecule has 0 saturated heterocycles. The van der Waals surface area contributed by atoms with Crippen LogP contribution in [0.1, 0.15) is 35.3 Å². The molecule has 6 heteroatoms. The Morgan fingerprint density at radius 3 is 2.62 bits per heavy atom.